The van der Waals surface area contributed by atoms with Gasteiger partial charge in [0.15, 0.2) is 0 Å². The van der Waals surface area contributed by atoms with Crippen molar-refractivity contribution in [3.63, 3.8) is 0 Å². The van der Waals surface area contributed by atoms with Gasteiger partial charge in [-0.1, -0.05) is 30.3 Å². The quantitative estimate of drug-likeness (QED) is 0.686. The Morgan fingerprint density at radius 2 is 1.40 bits per heavy atom. The number of rotatable bonds is 8. The molecule has 2 rings (SSSR count). The van der Waals surface area contributed by atoms with Crippen molar-refractivity contribution in [2.45, 2.75) is 13.0 Å². The fourth-order valence-electron chi connectivity index (χ4n) is 1.77. The first-order chi connectivity index (χ1) is 9.88. The lowest BCUT2D eigenvalue weighted by Crippen LogP contribution is -2.01. The fraction of sp³-hybridized carbons (Fsp3) is 0.294. The highest BCUT2D eigenvalue weighted by atomic mass is 16.5. The van der Waals surface area contributed by atoms with E-state index in [0.29, 0.717) is 13.2 Å². The molecule has 0 bridgehead atoms. The third-order valence-corrected chi connectivity index (χ3v) is 2.83. The summed E-state index contributed by atoms with van der Waals surface area (Å²) in [6.07, 6.45) is 0.892. The normalized spacial score (nSPS) is 10.2. The van der Waals surface area contributed by atoms with E-state index >= 15 is 0 Å². The minimum Gasteiger partial charge on any atom is -0.494 e. The van der Waals surface area contributed by atoms with Crippen molar-refractivity contribution in [2.75, 3.05) is 20.3 Å². The highest BCUT2D eigenvalue weighted by molar-refractivity contribution is 5.31. The molecule has 2 aromatic rings. The standard InChI is InChI=1S/C17H20O3/c1-18-12-5-13-19-16-8-10-17(11-9-16)20-14-15-6-3-2-4-7-15/h2-4,6-11H,5,12-14H2,1H3. The topological polar surface area (TPSA) is 27.7 Å². The molecule has 0 atom stereocenters. The van der Waals surface area contributed by atoms with Crippen molar-refractivity contribution < 1.29 is 14.2 Å². The van der Waals surface area contributed by atoms with Crippen LogP contribution >= 0.6 is 0 Å². The number of hydrogen-bond acceptors (Lipinski definition) is 3. The predicted molar refractivity (Wildman–Crippen MR) is 79.2 cm³/mol. The first-order valence-electron chi connectivity index (χ1n) is 6.77. The van der Waals surface area contributed by atoms with E-state index in [4.69, 9.17) is 14.2 Å². The van der Waals surface area contributed by atoms with Crippen LogP contribution in [0.5, 0.6) is 11.5 Å². The molecule has 0 heterocycles. The monoisotopic (exact) mass is 272 g/mol. The molecule has 106 valence electrons. The van der Waals surface area contributed by atoms with Crippen LogP contribution in [0.3, 0.4) is 0 Å². The first-order valence-corrected chi connectivity index (χ1v) is 6.77. The Bertz CT molecular complexity index is 479. The summed E-state index contributed by atoms with van der Waals surface area (Å²) in [7, 11) is 1.69. The third kappa shape index (κ3) is 4.94. The van der Waals surface area contributed by atoms with Crippen LogP contribution in [0.1, 0.15) is 12.0 Å². The van der Waals surface area contributed by atoms with Crippen molar-refractivity contribution in [1.82, 2.24) is 0 Å². The van der Waals surface area contributed by atoms with Crippen LogP contribution in [-0.2, 0) is 11.3 Å². The average Bonchev–Trinajstić information content (AvgIpc) is 2.52. The molecule has 3 heteroatoms. The van der Waals surface area contributed by atoms with Crippen molar-refractivity contribution >= 4 is 0 Å². The van der Waals surface area contributed by atoms with Crippen LogP contribution in [0.15, 0.2) is 54.6 Å². The lowest BCUT2D eigenvalue weighted by Gasteiger charge is -2.08. The van der Waals surface area contributed by atoms with Gasteiger partial charge in [0.05, 0.1) is 6.61 Å². The van der Waals surface area contributed by atoms with Crippen LogP contribution in [0.2, 0.25) is 0 Å². The summed E-state index contributed by atoms with van der Waals surface area (Å²) in [5, 5.41) is 0. The zero-order valence-corrected chi connectivity index (χ0v) is 11.7. The van der Waals surface area contributed by atoms with Gasteiger partial charge in [-0.25, -0.2) is 0 Å². The van der Waals surface area contributed by atoms with Gasteiger partial charge in [0.25, 0.3) is 0 Å². The van der Waals surface area contributed by atoms with Gasteiger partial charge in [0, 0.05) is 20.1 Å². The van der Waals surface area contributed by atoms with Gasteiger partial charge in [-0.05, 0) is 29.8 Å². The molecule has 0 aliphatic rings. The van der Waals surface area contributed by atoms with Gasteiger partial charge in [-0.2, -0.15) is 0 Å². The van der Waals surface area contributed by atoms with E-state index in [2.05, 4.69) is 0 Å². The molecular formula is C17H20O3. The van der Waals surface area contributed by atoms with Gasteiger partial charge in [0.1, 0.15) is 18.1 Å². The Morgan fingerprint density at radius 1 is 0.750 bits per heavy atom. The van der Waals surface area contributed by atoms with Crippen molar-refractivity contribution in [1.29, 1.82) is 0 Å². The number of hydrogen-bond donors (Lipinski definition) is 0. The molecule has 0 amide bonds. The first kappa shape index (κ1) is 14.4. The lowest BCUT2D eigenvalue weighted by atomic mass is 10.2. The Hall–Kier alpha value is -2.00. The summed E-state index contributed by atoms with van der Waals surface area (Å²) in [6, 6.07) is 17.8. The SMILES string of the molecule is COCCCOc1ccc(OCc2ccccc2)cc1. The Labute approximate surface area is 120 Å². The summed E-state index contributed by atoms with van der Waals surface area (Å²) in [4.78, 5) is 0. The van der Waals surface area contributed by atoms with Gasteiger partial charge in [0.2, 0.25) is 0 Å². The number of methoxy groups -OCH3 is 1. The van der Waals surface area contributed by atoms with Crippen molar-refractivity contribution in [3.8, 4) is 11.5 Å². The Kier molecular flexibility index (Phi) is 5.93. The molecule has 0 aliphatic carbocycles. The van der Waals surface area contributed by atoms with Crippen molar-refractivity contribution in [3.05, 3.63) is 60.2 Å². The van der Waals surface area contributed by atoms with E-state index in [1.165, 1.54) is 0 Å². The average molecular weight is 272 g/mol. The molecular weight excluding hydrogens is 252 g/mol. The van der Waals surface area contributed by atoms with Crippen LogP contribution in [0.4, 0.5) is 0 Å². The smallest absolute Gasteiger partial charge is 0.120 e. The summed E-state index contributed by atoms with van der Waals surface area (Å²) >= 11 is 0. The Balaban J connectivity index is 1.76. The van der Waals surface area contributed by atoms with E-state index < -0.39 is 0 Å². The molecule has 2 aromatic carbocycles. The Morgan fingerprint density at radius 3 is 2.05 bits per heavy atom. The summed E-state index contributed by atoms with van der Waals surface area (Å²) in [5.41, 5.74) is 1.16. The highest BCUT2D eigenvalue weighted by Crippen LogP contribution is 2.18. The molecule has 0 aromatic heterocycles. The molecule has 3 nitrogen and oxygen atoms in total. The van der Waals surface area contributed by atoms with Gasteiger partial charge >= 0.3 is 0 Å². The molecule has 0 fully saturated rings. The van der Waals surface area contributed by atoms with E-state index in [0.717, 1.165) is 30.1 Å². The summed E-state index contributed by atoms with van der Waals surface area (Å²) < 4.78 is 16.3. The molecule has 20 heavy (non-hydrogen) atoms. The maximum atomic E-state index is 5.71. The third-order valence-electron chi connectivity index (χ3n) is 2.83. The second-order valence-electron chi connectivity index (χ2n) is 4.44. The van der Waals surface area contributed by atoms with E-state index in [9.17, 15) is 0 Å². The molecule has 0 spiro atoms. The number of ether oxygens (including phenoxy) is 3. The highest BCUT2D eigenvalue weighted by Gasteiger charge is 1.97. The molecule has 0 saturated carbocycles. The fourth-order valence-corrected chi connectivity index (χ4v) is 1.77. The molecule has 0 radical (unpaired) electrons. The van der Waals surface area contributed by atoms with Gasteiger partial charge in [-0.15, -0.1) is 0 Å². The molecule has 0 saturated heterocycles. The second kappa shape index (κ2) is 8.23. The van der Waals surface area contributed by atoms with Gasteiger partial charge in [-0.3, -0.25) is 0 Å². The summed E-state index contributed by atoms with van der Waals surface area (Å²) in [6.45, 7) is 1.96. The minimum atomic E-state index is 0.578. The largest absolute Gasteiger partial charge is 0.494 e. The lowest BCUT2D eigenvalue weighted by molar-refractivity contribution is 0.172. The van der Waals surface area contributed by atoms with Crippen LogP contribution in [0.25, 0.3) is 0 Å². The van der Waals surface area contributed by atoms with Gasteiger partial charge < -0.3 is 14.2 Å². The maximum Gasteiger partial charge on any atom is 0.120 e. The predicted octanol–water partition coefficient (Wildman–Crippen LogP) is 3.68. The van der Waals surface area contributed by atoms with Crippen LogP contribution < -0.4 is 9.47 Å². The zero-order valence-electron chi connectivity index (χ0n) is 11.7. The second-order valence-corrected chi connectivity index (χ2v) is 4.44. The van der Waals surface area contributed by atoms with Crippen LogP contribution in [-0.4, -0.2) is 20.3 Å². The van der Waals surface area contributed by atoms with Crippen LogP contribution in [0, 0.1) is 0 Å². The molecule has 0 aliphatic heterocycles. The number of benzene rings is 2. The van der Waals surface area contributed by atoms with Crippen molar-refractivity contribution in [2.24, 2.45) is 0 Å². The molecule has 0 unspecified atom stereocenters. The maximum absolute atomic E-state index is 5.71. The summed E-state index contributed by atoms with van der Waals surface area (Å²) in [5.74, 6) is 1.70. The molecule has 0 N–H and O–H groups in total. The minimum absolute atomic E-state index is 0.578. The van der Waals surface area contributed by atoms with E-state index in [-0.39, 0.29) is 0 Å². The van der Waals surface area contributed by atoms with E-state index in [1.54, 1.807) is 7.11 Å². The zero-order chi connectivity index (χ0) is 14.0. The van der Waals surface area contributed by atoms with E-state index in [1.807, 2.05) is 54.6 Å².